The highest BCUT2D eigenvalue weighted by Crippen LogP contribution is 2.46. The van der Waals surface area contributed by atoms with Crippen LogP contribution in [0.4, 0.5) is 0 Å². The van der Waals surface area contributed by atoms with Crippen molar-refractivity contribution in [3.63, 3.8) is 0 Å². The third-order valence-corrected chi connectivity index (χ3v) is 4.05. The number of rotatable bonds is 0. The molecule has 1 fully saturated rings. The van der Waals surface area contributed by atoms with Crippen LogP contribution in [0.3, 0.4) is 0 Å². The molecule has 2 aliphatic rings. The van der Waals surface area contributed by atoms with Crippen LogP contribution >= 0.6 is 0 Å². The van der Waals surface area contributed by atoms with E-state index in [9.17, 15) is 5.11 Å². The maximum absolute atomic E-state index is 9.98. The Morgan fingerprint density at radius 2 is 2.06 bits per heavy atom. The van der Waals surface area contributed by atoms with Gasteiger partial charge in [0.05, 0.1) is 17.8 Å². The van der Waals surface area contributed by atoms with Gasteiger partial charge < -0.3 is 9.84 Å². The lowest BCUT2D eigenvalue weighted by Crippen LogP contribution is -2.17. The molecule has 2 heteroatoms. The molecule has 2 rings (SSSR count). The zero-order chi connectivity index (χ0) is 12.7. The minimum atomic E-state index is -0.433. The molecule has 1 aliphatic carbocycles. The van der Waals surface area contributed by atoms with E-state index >= 15 is 0 Å². The van der Waals surface area contributed by atoms with Gasteiger partial charge in [0.25, 0.3) is 0 Å². The highest BCUT2D eigenvalue weighted by atomic mass is 16.6. The van der Waals surface area contributed by atoms with Gasteiger partial charge in [0, 0.05) is 0 Å². The molecular weight excluding hydrogens is 212 g/mol. The van der Waals surface area contributed by atoms with Crippen molar-refractivity contribution < 1.29 is 9.84 Å². The normalized spacial score (nSPS) is 41.1. The lowest BCUT2D eigenvalue weighted by molar-refractivity contribution is 0.252. The molecule has 96 valence electrons. The first-order valence-electron chi connectivity index (χ1n) is 6.54. The second-order valence-corrected chi connectivity index (χ2v) is 6.40. The molecule has 0 radical (unpaired) electrons. The van der Waals surface area contributed by atoms with E-state index in [1.165, 1.54) is 0 Å². The number of fused-ring (bicyclic) bond motifs is 1. The Bertz CT molecular complexity index is 354. The fraction of sp³-hybridized carbons (Fsp3) is 0.733. The molecule has 1 saturated heterocycles. The van der Waals surface area contributed by atoms with Crippen LogP contribution in [-0.4, -0.2) is 22.9 Å². The maximum atomic E-state index is 9.98. The van der Waals surface area contributed by atoms with E-state index in [0.29, 0.717) is 6.10 Å². The highest BCUT2D eigenvalue weighted by Gasteiger charge is 2.52. The lowest BCUT2D eigenvalue weighted by Gasteiger charge is -2.20. The van der Waals surface area contributed by atoms with Crippen LogP contribution in [0.5, 0.6) is 0 Å². The Kier molecular flexibility index (Phi) is 3.21. The molecule has 1 aliphatic heterocycles. The Labute approximate surface area is 104 Å². The molecular formula is C15H24O2. The monoisotopic (exact) mass is 236 g/mol. The van der Waals surface area contributed by atoms with Crippen LogP contribution in [0.1, 0.15) is 47.0 Å². The van der Waals surface area contributed by atoms with Gasteiger partial charge in [-0.2, -0.15) is 0 Å². The predicted molar refractivity (Wildman–Crippen MR) is 69.8 cm³/mol. The summed E-state index contributed by atoms with van der Waals surface area (Å²) >= 11 is 0. The summed E-state index contributed by atoms with van der Waals surface area (Å²) in [7, 11) is 0. The van der Waals surface area contributed by atoms with Crippen LogP contribution in [0.15, 0.2) is 23.8 Å². The summed E-state index contributed by atoms with van der Waals surface area (Å²) in [4.78, 5) is 0. The summed E-state index contributed by atoms with van der Waals surface area (Å²) < 4.78 is 5.85. The molecule has 0 amide bonds. The summed E-state index contributed by atoms with van der Waals surface area (Å²) in [5, 5.41) is 9.98. The van der Waals surface area contributed by atoms with Crippen LogP contribution in [0.2, 0.25) is 0 Å². The van der Waals surface area contributed by atoms with Gasteiger partial charge in [0.15, 0.2) is 0 Å². The third kappa shape index (κ3) is 2.99. The highest BCUT2D eigenvalue weighted by molar-refractivity contribution is 5.17. The van der Waals surface area contributed by atoms with E-state index in [1.54, 1.807) is 0 Å². The number of ether oxygens (including phenoxy) is 1. The average molecular weight is 236 g/mol. The molecule has 3 unspecified atom stereocenters. The smallest absolute Gasteiger partial charge is 0.0929 e. The van der Waals surface area contributed by atoms with Gasteiger partial charge in [0.2, 0.25) is 0 Å². The van der Waals surface area contributed by atoms with E-state index in [2.05, 4.69) is 32.9 Å². The second kappa shape index (κ2) is 4.25. The molecule has 0 aromatic heterocycles. The maximum Gasteiger partial charge on any atom is 0.0929 e. The van der Waals surface area contributed by atoms with Gasteiger partial charge in [-0.05, 0) is 44.1 Å². The van der Waals surface area contributed by atoms with Gasteiger partial charge in [-0.15, -0.1) is 0 Å². The van der Waals surface area contributed by atoms with E-state index in [4.69, 9.17) is 4.74 Å². The third-order valence-electron chi connectivity index (χ3n) is 4.05. The van der Waals surface area contributed by atoms with Crippen LogP contribution in [0, 0.1) is 5.41 Å². The fourth-order valence-electron chi connectivity index (χ4n) is 2.52. The molecule has 17 heavy (non-hydrogen) atoms. The summed E-state index contributed by atoms with van der Waals surface area (Å²) in [5.41, 5.74) is 1.20. The number of aliphatic hydroxyl groups excluding tert-OH is 1. The molecule has 0 saturated carbocycles. The van der Waals surface area contributed by atoms with E-state index in [0.717, 1.165) is 24.8 Å². The molecule has 1 N–H and O–H groups in total. The van der Waals surface area contributed by atoms with Crippen LogP contribution in [-0.2, 0) is 4.74 Å². The van der Waals surface area contributed by atoms with Crippen molar-refractivity contribution in [3.05, 3.63) is 23.8 Å². The van der Waals surface area contributed by atoms with Crippen molar-refractivity contribution in [2.45, 2.75) is 64.8 Å². The summed E-state index contributed by atoms with van der Waals surface area (Å²) in [6, 6.07) is 0. The van der Waals surface area contributed by atoms with E-state index in [-0.39, 0.29) is 11.0 Å². The SMILES string of the molecule is CC1=CCCC2(C)OC2CC(C)(C)C=CC1O. The lowest BCUT2D eigenvalue weighted by atomic mass is 9.84. The first-order valence-corrected chi connectivity index (χ1v) is 6.54. The zero-order valence-corrected chi connectivity index (χ0v) is 11.4. The summed E-state index contributed by atoms with van der Waals surface area (Å²) in [5.74, 6) is 0. The number of hydrogen-bond acceptors (Lipinski definition) is 2. The Balaban J connectivity index is 2.18. The number of allylic oxidation sites excluding steroid dienone is 2. The van der Waals surface area contributed by atoms with Crippen LogP contribution in [0.25, 0.3) is 0 Å². The average Bonchev–Trinajstić information content (AvgIpc) is 2.83. The van der Waals surface area contributed by atoms with Crippen molar-refractivity contribution in [2.24, 2.45) is 5.41 Å². The molecule has 0 aromatic rings. The zero-order valence-electron chi connectivity index (χ0n) is 11.4. The van der Waals surface area contributed by atoms with Gasteiger partial charge in [0.1, 0.15) is 0 Å². The number of aliphatic hydroxyl groups is 1. The first-order chi connectivity index (χ1) is 7.82. The van der Waals surface area contributed by atoms with Gasteiger partial charge in [-0.1, -0.05) is 32.1 Å². The van der Waals surface area contributed by atoms with E-state index < -0.39 is 6.10 Å². The largest absolute Gasteiger partial charge is 0.385 e. The quantitative estimate of drug-likeness (QED) is 0.517. The number of hydrogen-bond donors (Lipinski definition) is 1. The first kappa shape index (κ1) is 12.8. The molecule has 0 bridgehead atoms. The van der Waals surface area contributed by atoms with Gasteiger partial charge in [-0.25, -0.2) is 0 Å². The van der Waals surface area contributed by atoms with Crippen molar-refractivity contribution in [2.75, 3.05) is 0 Å². The topological polar surface area (TPSA) is 32.8 Å². The van der Waals surface area contributed by atoms with Crippen molar-refractivity contribution in [1.82, 2.24) is 0 Å². The molecule has 1 heterocycles. The molecule has 2 nitrogen and oxygen atoms in total. The summed E-state index contributed by atoms with van der Waals surface area (Å²) in [6.45, 7) is 8.60. The minimum absolute atomic E-state index is 0.0666. The second-order valence-electron chi connectivity index (χ2n) is 6.40. The Hall–Kier alpha value is -0.600. The van der Waals surface area contributed by atoms with Crippen molar-refractivity contribution in [3.8, 4) is 0 Å². The van der Waals surface area contributed by atoms with Gasteiger partial charge >= 0.3 is 0 Å². The summed E-state index contributed by atoms with van der Waals surface area (Å²) in [6.07, 6.45) is 9.20. The Morgan fingerprint density at radius 1 is 1.35 bits per heavy atom. The van der Waals surface area contributed by atoms with Crippen molar-refractivity contribution in [1.29, 1.82) is 0 Å². The molecule has 0 spiro atoms. The Morgan fingerprint density at radius 3 is 2.76 bits per heavy atom. The fourth-order valence-corrected chi connectivity index (χ4v) is 2.52. The van der Waals surface area contributed by atoms with Crippen molar-refractivity contribution >= 4 is 0 Å². The number of epoxide rings is 1. The predicted octanol–water partition coefficient (Wildman–Crippen LogP) is 3.22. The molecule has 3 atom stereocenters. The van der Waals surface area contributed by atoms with E-state index in [1.807, 2.05) is 13.0 Å². The minimum Gasteiger partial charge on any atom is -0.385 e. The van der Waals surface area contributed by atoms with Gasteiger partial charge in [-0.3, -0.25) is 0 Å². The standard InChI is InChI=1S/C15H24O2/c1-11-6-5-8-15(4)13(17-15)10-14(2,3)9-7-12(11)16/h6-7,9,12-13,16H,5,8,10H2,1-4H3. The van der Waals surface area contributed by atoms with Crippen LogP contribution < -0.4 is 0 Å². The molecule has 0 aromatic carbocycles.